The first-order valence-electron chi connectivity index (χ1n) is 10.7. The van der Waals surface area contributed by atoms with Crippen molar-refractivity contribution in [3.63, 3.8) is 0 Å². The summed E-state index contributed by atoms with van der Waals surface area (Å²) in [5.74, 6) is 2.76. The van der Waals surface area contributed by atoms with Gasteiger partial charge in [-0.3, -0.25) is 0 Å². The number of tetrazole rings is 1. The molecule has 0 spiro atoms. The molecule has 1 aromatic carbocycles. The summed E-state index contributed by atoms with van der Waals surface area (Å²) >= 11 is 0. The van der Waals surface area contributed by atoms with Gasteiger partial charge in [-0.25, -0.2) is 0 Å². The number of unbranched alkanes of at least 4 members (excludes halogenated alkanes) is 2. The van der Waals surface area contributed by atoms with Crippen molar-refractivity contribution in [3.05, 3.63) is 23.5 Å². The van der Waals surface area contributed by atoms with E-state index in [1.165, 1.54) is 0 Å². The topological polar surface area (TPSA) is 93.1 Å². The number of hydrogen-bond acceptors (Lipinski definition) is 6. The molecule has 164 valence electrons. The van der Waals surface area contributed by atoms with E-state index in [0.717, 1.165) is 55.7 Å². The van der Waals surface area contributed by atoms with E-state index >= 15 is 0 Å². The quantitative estimate of drug-likeness (QED) is 0.368. The molecule has 0 atom stereocenters. The van der Waals surface area contributed by atoms with Crippen LogP contribution in [-0.4, -0.2) is 68.5 Å². The van der Waals surface area contributed by atoms with Crippen molar-refractivity contribution in [1.82, 2.24) is 20.6 Å². The molecule has 2 N–H and O–H groups in total. The molecular weight excluding hydrogens is 391 g/mol. The van der Waals surface area contributed by atoms with Gasteiger partial charge < -0.3 is 14.6 Å². The summed E-state index contributed by atoms with van der Waals surface area (Å²) in [6, 6.07) is 3.58. The second-order valence-electron chi connectivity index (χ2n) is 8.59. The summed E-state index contributed by atoms with van der Waals surface area (Å²) in [7, 11) is 0. The van der Waals surface area contributed by atoms with Crippen molar-refractivity contribution in [2.75, 3.05) is 13.2 Å². The molecule has 0 fully saturated rings. The Labute approximate surface area is 202 Å². The predicted octanol–water partition coefficient (Wildman–Crippen LogP) is 4.16. The van der Waals surface area contributed by atoms with Crippen molar-refractivity contribution in [3.8, 4) is 17.2 Å². The summed E-state index contributed by atoms with van der Waals surface area (Å²) < 4.78 is 11.7. The first-order chi connectivity index (χ1) is 13.8. The summed E-state index contributed by atoms with van der Waals surface area (Å²) in [4.78, 5) is 0. The number of hydrogen-bond donors (Lipinski definition) is 2. The third-order valence-electron chi connectivity index (χ3n) is 5.13. The first kappa shape index (κ1) is 26.7. The van der Waals surface area contributed by atoms with E-state index in [0.29, 0.717) is 24.9 Å². The monoisotopic (exact) mass is 428 g/mol. The fraction of sp³-hybridized carbons (Fsp3) is 0.682. The minimum absolute atomic E-state index is 0. The number of phenolic OH excluding ortho intramolecular Hbond substituents is 1. The van der Waals surface area contributed by atoms with E-state index in [4.69, 9.17) is 9.47 Å². The van der Waals surface area contributed by atoms with Crippen LogP contribution in [0.4, 0.5) is 0 Å². The van der Waals surface area contributed by atoms with Crippen LogP contribution >= 0.6 is 0 Å². The van der Waals surface area contributed by atoms with Crippen LogP contribution in [0.5, 0.6) is 17.2 Å². The van der Waals surface area contributed by atoms with Crippen LogP contribution in [0, 0.1) is 5.92 Å². The molecule has 0 aliphatic rings. The minimum atomic E-state index is -0.0829. The second-order valence-corrected chi connectivity index (χ2v) is 8.59. The Balaban J connectivity index is 0.00000450. The van der Waals surface area contributed by atoms with Crippen molar-refractivity contribution in [2.45, 2.75) is 78.6 Å². The van der Waals surface area contributed by atoms with Gasteiger partial charge in [-0.1, -0.05) is 52.7 Å². The number of nitrogens with zero attached hydrogens (tertiary/aromatic N) is 3. The molecule has 0 aliphatic heterocycles. The molecule has 0 amide bonds. The van der Waals surface area contributed by atoms with Crippen LogP contribution < -0.4 is 9.47 Å². The van der Waals surface area contributed by atoms with Crippen molar-refractivity contribution in [2.24, 2.45) is 5.92 Å². The van der Waals surface area contributed by atoms with E-state index < -0.39 is 0 Å². The summed E-state index contributed by atoms with van der Waals surface area (Å²) in [6.07, 6.45) is 5.87. The van der Waals surface area contributed by atoms with Crippen molar-refractivity contribution >= 4 is 29.6 Å². The number of rotatable bonds is 13. The Bertz CT molecular complexity index is 736. The fourth-order valence-electron chi connectivity index (χ4n) is 3.11. The second kappa shape index (κ2) is 13.2. The van der Waals surface area contributed by atoms with Crippen molar-refractivity contribution in [1.29, 1.82) is 0 Å². The normalized spacial score (nSPS) is 11.4. The molecule has 0 radical (unpaired) electrons. The molecule has 0 bridgehead atoms. The zero-order chi connectivity index (χ0) is 21.3. The Kier molecular flexibility index (Phi) is 11.7. The molecule has 8 heteroatoms. The molecular formula is C22H37N4NaO3. The number of nitrogens with one attached hydrogen (secondary N) is 1. The Morgan fingerprint density at radius 2 is 1.80 bits per heavy atom. The van der Waals surface area contributed by atoms with Crippen LogP contribution in [0.2, 0.25) is 0 Å². The fourth-order valence-corrected chi connectivity index (χ4v) is 3.11. The first-order valence-corrected chi connectivity index (χ1v) is 10.7. The zero-order valence-electron chi connectivity index (χ0n) is 18.5. The Morgan fingerprint density at radius 3 is 2.43 bits per heavy atom. The Morgan fingerprint density at radius 1 is 1.07 bits per heavy atom. The maximum atomic E-state index is 10.3. The summed E-state index contributed by atoms with van der Waals surface area (Å²) in [6.45, 7) is 11.9. The average molecular weight is 429 g/mol. The number of aromatic amines is 1. The van der Waals surface area contributed by atoms with E-state index in [1.807, 2.05) is 6.07 Å². The molecule has 1 heterocycles. The molecule has 7 nitrogen and oxygen atoms in total. The van der Waals surface area contributed by atoms with Gasteiger partial charge in [0, 0.05) is 11.5 Å². The Hall–Kier alpha value is -1.31. The third kappa shape index (κ3) is 8.44. The van der Waals surface area contributed by atoms with Gasteiger partial charge in [0.15, 0.2) is 17.3 Å². The summed E-state index contributed by atoms with van der Waals surface area (Å²) in [5, 5.41) is 24.6. The predicted molar refractivity (Wildman–Crippen MR) is 121 cm³/mol. The van der Waals surface area contributed by atoms with Crippen LogP contribution in [-0.2, 0) is 11.8 Å². The third-order valence-corrected chi connectivity index (χ3v) is 5.13. The molecule has 0 saturated heterocycles. The molecule has 1 aromatic heterocycles. The number of ether oxygens (including phenoxy) is 2. The SMILES string of the molecule is CCc1cc(OCCC(C)C)c(O)cc1OCCCCCC(C)(C)c1nn[nH]n1.[NaH]. The van der Waals surface area contributed by atoms with Gasteiger partial charge in [-0.2, -0.15) is 5.21 Å². The summed E-state index contributed by atoms with van der Waals surface area (Å²) in [5.41, 5.74) is 0.973. The molecule has 0 saturated carbocycles. The van der Waals surface area contributed by atoms with E-state index in [-0.39, 0.29) is 40.7 Å². The number of aryl methyl sites for hydroxylation is 1. The standard InChI is InChI=1S/C22H36N4O3.Na.H/c1-6-17-14-20(29-13-10-16(2)3)18(27)15-19(17)28-12-9-7-8-11-22(4,5)21-23-25-26-24-21;;/h14-16,27H,6-13H2,1-5H3,(H,23,24,25,26);;. The van der Waals surface area contributed by atoms with Gasteiger partial charge in [-0.05, 0) is 43.2 Å². The van der Waals surface area contributed by atoms with Crippen LogP contribution in [0.3, 0.4) is 0 Å². The number of phenols is 1. The zero-order valence-corrected chi connectivity index (χ0v) is 18.5. The van der Waals surface area contributed by atoms with Gasteiger partial charge in [0.25, 0.3) is 0 Å². The van der Waals surface area contributed by atoms with Gasteiger partial charge in [0.1, 0.15) is 5.75 Å². The van der Waals surface area contributed by atoms with E-state index in [2.05, 4.69) is 55.2 Å². The number of aromatic hydroxyl groups is 1. The number of aromatic nitrogens is 4. The van der Waals surface area contributed by atoms with Gasteiger partial charge in [0.2, 0.25) is 0 Å². The van der Waals surface area contributed by atoms with Crippen LogP contribution in [0.25, 0.3) is 0 Å². The van der Waals surface area contributed by atoms with Crippen LogP contribution in [0.15, 0.2) is 12.1 Å². The molecule has 0 unspecified atom stereocenters. The molecule has 2 aromatic rings. The van der Waals surface area contributed by atoms with E-state index in [1.54, 1.807) is 6.07 Å². The maximum absolute atomic E-state index is 10.3. The van der Waals surface area contributed by atoms with Crippen molar-refractivity contribution < 1.29 is 14.6 Å². The average Bonchev–Trinajstić information content (AvgIpc) is 3.21. The number of benzene rings is 1. The van der Waals surface area contributed by atoms with E-state index in [9.17, 15) is 5.11 Å². The van der Waals surface area contributed by atoms with Gasteiger partial charge in [0.05, 0.1) is 13.2 Å². The molecule has 0 aliphatic carbocycles. The van der Waals surface area contributed by atoms with Gasteiger partial charge in [-0.15, -0.1) is 10.2 Å². The van der Waals surface area contributed by atoms with Crippen LogP contribution in [0.1, 0.15) is 78.1 Å². The van der Waals surface area contributed by atoms with Gasteiger partial charge >= 0.3 is 29.6 Å². The number of H-pyrrole nitrogens is 1. The molecule has 30 heavy (non-hydrogen) atoms. The molecule has 2 rings (SSSR count).